The van der Waals surface area contributed by atoms with Gasteiger partial charge in [0, 0.05) is 4.90 Å². The lowest BCUT2D eigenvalue weighted by Gasteiger charge is -2.03. The second kappa shape index (κ2) is 5.94. The Morgan fingerprint density at radius 3 is 2.86 bits per heavy atom. The monoisotopic (exact) mass is 230 g/mol. The van der Waals surface area contributed by atoms with Gasteiger partial charge in [-0.1, -0.05) is 23.7 Å². The average molecular weight is 231 g/mol. The van der Waals surface area contributed by atoms with Crippen molar-refractivity contribution in [2.45, 2.75) is 11.8 Å². The molecule has 0 unspecified atom stereocenters. The van der Waals surface area contributed by atoms with Gasteiger partial charge >= 0.3 is 5.97 Å². The van der Waals surface area contributed by atoms with Crippen molar-refractivity contribution in [1.29, 1.82) is 0 Å². The lowest BCUT2D eigenvalue weighted by Crippen LogP contribution is -2.06. The first-order chi connectivity index (χ1) is 6.74. The van der Waals surface area contributed by atoms with Crippen LogP contribution in [0.25, 0.3) is 0 Å². The SMILES string of the molecule is CCOC(=O)CSc1ccccc1Cl. The predicted octanol–water partition coefficient (Wildman–Crippen LogP) is 3.00. The van der Waals surface area contributed by atoms with Crippen LogP contribution >= 0.6 is 23.4 Å². The van der Waals surface area contributed by atoms with Crippen molar-refractivity contribution in [3.8, 4) is 0 Å². The average Bonchev–Trinajstić information content (AvgIpc) is 2.17. The van der Waals surface area contributed by atoms with Crippen molar-refractivity contribution in [3.05, 3.63) is 29.3 Å². The zero-order valence-corrected chi connectivity index (χ0v) is 9.40. The first-order valence-corrected chi connectivity index (χ1v) is 5.63. The largest absolute Gasteiger partial charge is 0.465 e. The van der Waals surface area contributed by atoms with Crippen LogP contribution in [0.5, 0.6) is 0 Å². The highest BCUT2D eigenvalue weighted by molar-refractivity contribution is 8.00. The first kappa shape index (κ1) is 11.4. The van der Waals surface area contributed by atoms with E-state index in [0.29, 0.717) is 17.4 Å². The topological polar surface area (TPSA) is 26.3 Å². The van der Waals surface area contributed by atoms with Crippen LogP contribution in [0.4, 0.5) is 0 Å². The molecule has 1 aromatic carbocycles. The van der Waals surface area contributed by atoms with Gasteiger partial charge in [0.15, 0.2) is 0 Å². The molecule has 14 heavy (non-hydrogen) atoms. The van der Waals surface area contributed by atoms with Gasteiger partial charge in [0.1, 0.15) is 0 Å². The third kappa shape index (κ3) is 3.60. The Bertz CT molecular complexity index is 315. The van der Waals surface area contributed by atoms with Crippen LogP contribution in [0, 0.1) is 0 Å². The number of hydrogen-bond acceptors (Lipinski definition) is 3. The minimum Gasteiger partial charge on any atom is -0.465 e. The molecule has 0 aliphatic carbocycles. The highest BCUT2D eigenvalue weighted by Crippen LogP contribution is 2.26. The Balaban J connectivity index is 2.46. The number of esters is 1. The summed E-state index contributed by atoms with van der Waals surface area (Å²) in [6, 6.07) is 7.43. The minimum atomic E-state index is -0.211. The van der Waals surface area contributed by atoms with E-state index in [-0.39, 0.29) is 5.97 Å². The summed E-state index contributed by atoms with van der Waals surface area (Å²) in [6.07, 6.45) is 0. The number of hydrogen-bond donors (Lipinski definition) is 0. The number of ether oxygens (including phenoxy) is 1. The molecular formula is C10H11ClO2S. The number of carbonyl (C=O) groups excluding carboxylic acids is 1. The van der Waals surface area contributed by atoms with Crippen molar-refractivity contribution in [2.24, 2.45) is 0 Å². The lowest BCUT2D eigenvalue weighted by molar-refractivity contribution is -0.139. The second-order valence-corrected chi connectivity index (χ2v) is 3.95. The fourth-order valence-corrected chi connectivity index (χ4v) is 1.94. The van der Waals surface area contributed by atoms with Crippen molar-refractivity contribution in [3.63, 3.8) is 0 Å². The molecule has 76 valence electrons. The van der Waals surface area contributed by atoms with Crippen LogP contribution in [0.3, 0.4) is 0 Å². The van der Waals surface area contributed by atoms with Gasteiger partial charge in [-0.15, -0.1) is 11.8 Å². The predicted molar refractivity (Wildman–Crippen MR) is 58.8 cm³/mol. The molecule has 0 spiro atoms. The molecule has 0 aliphatic rings. The summed E-state index contributed by atoms with van der Waals surface area (Å²) in [5.41, 5.74) is 0. The molecule has 0 radical (unpaired) electrons. The Morgan fingerprint density at radius 2 is 2.21 bits per heavy atom. The summed E-state index contributed by atoms with van der Waals surface area (Å²) in [7, 11) is 0. The molecule has 0 bridgehead atoms. The molecule has 0 saturated carbocycles. The van der Waals surface area contributed by atoms with Gasteiger partial charge in [-0.25, -0.2) is 0 Å². The van der Waals surface area contributed by atoms with Crippen molar-refractivity contribution in [1.82, 2.24) is 0 Å². The molecule has 4 heteroatoms. The van der Waals surface area contributed by atoms with E-state index in [1.54, 1.807) is 13.0 Å². The highest BCUT2D eigenvalue weighted by Gasteiger charge is 2.05. The molecule has 0 N–H and O–H groups in total. The number of benzene rings is 1. The molecule has 0 fully saturated rings. The lowest BCUT2D eigenvalue weighted by atomic mass is 10.4. The van der Waals surface area contributed by atoms with Crippen LogP contribution < -0.4 is 0 Å². The fraction of sp³-hybridized carbons (Fsp3) is 0.300. The second-order valence-electron chi connectivity index (χ2n) is 2.52. The first-order valence-electron chi connectivity index (χ1n) is 4.27. The molecule has 1 aromatic rings. The molecule has 0 saturated heterocycles. The molecule has 0 atom stereocenters. The standard InChI is InChI=1S/C10H11ClO2S/c1-2-13-10(12)7-14-9-6-4-3-5-8(9)11/h3-6H,2,7H2,1H3. The van der Waals surface area contributed by atoms with Crippen molar-refractivity contribution in [2.75, 3.05) is 12.4 Å². The van der Waals surface area contributed by atoms with Crippen LogP contribution in [-0.2, 0) is 9.53 Å². The van der Waals surface area contributed by atoms with Gasteiger partial charge in [0.25, 0.3) is 0 Å². The number of rotatable bonds is 4. The van der Waals surface area contributed by atoms with E-state index in [9.17, 15) is 4.79 Å². The Labute approximate surface area is 92.6 Å². The van der Waals surface area contributed by atoms with Crippen molar-refractivity contribution < 1.29 is 9.53 Å². The Kier molecular flexibility index (Phi) is 4.84. The van der Waals surface area contributed by atoms with Gasteiger partial charge < -0.3 is 4.74 Å². The molecule has 2 nitrogen and oxygen atoms in total. The molecule has 0 aromatic heterocycles. The smallest absolute Gasteiger partial charge is 0.316 e. The minimum absolute atomic E-state index is 0.211. The Hall–Kier alpha value is -0.670. The summed E-state index contributed by atoms with van der Waals surface area (Å²) in [4.78, 5) is 11.9. The maximum Gasteiger partial charge on any atom is 0.316 e. The van der Waals surface area contributed by atoms with Gasteiger partial charge in [-0.05, 0) is 19.1 Å². The maximum absolute atomic E-state index is 11.0. The van der Waals surface area contributed by atoms with Gasteiger partial charge in [-0.2, -0.15) is 0 Å². The van der Waals surface area contributed by atoms with Gasteiger partial charge in [-0.3, -0.25) is 4.79 Å². The highest BCUT2D eigenvalue weighted by atomic mass is 35.5. The summed E-state index contributed by atoms with van der Waals surface area (Å²) in [5.74, 6) is 0.0924. The number of thioether (sulfide) groups is 1. The zero-order chi connectivity index (χ0) is 10.4. The summed E-state index contributed by atoms with van der Waals surface area (Å²) in [6.45, 7) is 2.21. The third-order valence-corrected chi connectivity index (χ3v) is 2.98. The molecule has 0 aliphatic heterocycles. The number of halogens is 1. The van der Waals surface area contributed by atoms with E-state index in [1.807, 2.05) is 18.2 Å². The Morgan fingerprint density at radius 1 is 1.50 bits per heavy atom. The van der Waals surface area contributed by atoms with Crippen LogP contribution in [0.1, 0.15) is 6.92 Å². The van der Waals surface area contributed by atoms with Gasteiger partial charge in [0.05, 0.1) is 17.4 Å². The van der Waals surface area contributed by atoms with Crippen molar-refractivity contribution >= 4 is 29.3 Å². The van der Waals surface area contributed by atoms with Gasteiger partial charge in [0.2, 0.25) is 0 Å². The normalized spacial score (nSPS) is 9.86. The summed E-state index contributed by atoms with van der Waals surface area (Å²) < 4.78 is 4.80. The summed E-state index contributed by atoms with van der Waals surface area (Å²) in [5, 5.41) is 0.668. The molecule has 0 amide bonds. The van der Waals surface area contributed by atoms with Crippen LogP contribution in [-0.4, -0.2) is 18.3 Å². The molecule has 1 rings (SSSR count). The zero-order valence-electron chi connectivity index (χ0n) is 7.83. The van der Waals surface area contributed by atoms with E-state index in [2.05, 4.69) is 0 Å². The molecule has 0 heterocycles. The van der Waals surface area contributed by atoms with E-state index in [4.69, 9.17) is 16.3 Å². The molecular weight excluding hydrogens is 220 g/mol. The quantitative estimate of drug-likeness (QED) is 0.588. The summed E-state index contributed by atoms with van der Waals surface area (Å²) >= 11 is 7.30. The van der Waals surface area contributed by atoms with Crippen LogP contribution in [0.15, 0.2) is 29.2 Å². The third-order valence-electron chi connectivity index (χ3n) is 1.49. The maximum atomic E-state index is 11.0. The van der Waals surface area contributed by atoms with E-state index in [1.165, 1.54) is 11.8 Å². The van der Waals surface area contributed by atoms with Crippen LogP contribution in [0.2, 0.25) is 5.02 Å². The van der Waals surface area contributed by atoms with E-state index < -0.39 is 0 Å². The number of carbonyl (C=O) groups is 1. The van der Waals surface area contributed by atoms with E-state index in [0.717, 1.165) is 4.90 Å². The fourth-order valence-electron chi connectivity index (χ4n) is 0.901. The van der Waals surface area contributed by atoms with E-state index >= 15 is 0 Å².